The molecule has 0 saturated carbocycles. The number of amides is 1. The van der Waals surface area contributed by atoms with Crippen LogP contribution in [0.1, 0.15) is 47.7 Å². The quantitative estimate of drug-likeness (QED) is 0.460. The number of ether oxygens (including phenoxy) is 1. The molecule has 0 spiro atoms. The Hall–Kier alpha value is -3.26. The van der Waals surface area contributed by atoms with Gasteiger partial charge in [-0.2, -0.15) is 0 Å². The fourth-order valence-corrected chi connectivity index (χ4v) is 4.03. The number of cyclic esters (lactones) is 1. The highest BCUT2D eigenvalue weighted by Gasteiger charge is 2.28. The van der Waals surface area contributed by atoms with Crippen LogP contribution in [0.15, 0.2) is 53.4 Å². The van der Waals surface area contributed by atoms with Gasteiger partial charge in [0.05, 0.1) is 10.5 Å². The molecule has 0 bridgehead atoms. The third-order valence-corrected chi connectivity index (χ3v) is 6.24. The van der Waals surface area contributed by atoms with E-state index in [-0.39, 0.29) is 36.0 Å². The van der Waals surface area contributed by atoms with Crippen molar-refractivity contribution >= 4 is 38.6 Å². The van der Waals surface area contributed by atoms with Gasteiger partial charge in [-0.15, -0.1) is 0 Å². The Morgan fingerprint density at radius 2 is 1.75 bits per heavy atom. The van der Waals surface area contributed by atoms with Gasteiger partial charge in [0, 0.05) is 36.8 Å². The van der Waals surface area contributed by atoms with E-state index in [9.17, 15) is 22.8 Å². The summed E-state index contributed by atoms with van der Waals surface area (Å²) >= 11 is 0. The minimum atomic E-state index is -3.33. The predicted octanol–water partition coefficient (Wildman–Crippen LogP) is 3.05. The second-order valence-corrected chi connectivity index (χ2v) is 9.60. The maximum atomic E-state index is 12.6. The number of rotatable bonds is 9. The van der Waals surface area contributed by atoms with Crippen LogP contribution in [0.3, 0.4) is 0 Å². The molecule has 2 aromatic carbocycles. The van der Waals surface area contributed by atoms with Crippen LogP contribution in [0, 0.1) is 0 Å². The molecule has 168 valence electrons. The van der Waals surface area contributed by atoms with Gasteiger partial charge >= 0.3 is 5.97 Å². The highest BCUT2D eigenvalue weighted by molar-refractivity contribution is 7.90. The van der Waals surface area contributed by atoms with Gasteiger partial charge in [-0.1, -0.05) is 37.3 Å². The first-order valence-electron chi connectivity index (χ1n) is 10.3. The van der Waals surface area contributed by atoms with E-state index < -0.39 is 15.8 Å². The zero-order valence-electron chi connectivity index (χ0n) is 18.0. The molecule has 1 amide bonds. The minimum absolute atomic E-state index is 0.0577. The lowest BCUT2D eigenvalue weighted by atomic mass is 9.94. The first-order valence-corrected chi connectivity index (χ1v) is 12.2. The van der Waals surface area contributed by atoms with E-state index >= 15 is 0 Å². The van der Waals surface area contributed by atoms with Crippen molar-refractivity contribution in [3.05, 3.63) is 65.2 Å². The number of esters is 1. The smallest absolute Gasteiger partial charge is 0.339 e. The molecule has 0 unspecified atom stereocenters. The zero-order chi connectivity index (χ0) is 23.3. The molecular formula is C24H25NO6S. The molecule has 0 fully saturated rings. The van der Waals surface area contributed by atoms with E-state index in [4.69, 9.17) is 4.74 Å². The Morgan fingerprint density at radius 1 is 1.03 bits per heavy atom. The number of carbonyl (C=O) groups is 3. The van der Waals surface area contributed by atoms with Crippen LogP contribution in [0.2, 0.25) is 0 Å². The third kappa shape index (κ3) is 5.50. The highest BCUT2D eigenvalue weighted by atomic mass is 32.2. The number of carbonyl (C=O) groups excluding carboxylic acids is 3. The molecule has 0 saturated heterocycles. The number of nitrogens with one attached hydrogen (secondary N) is 1. The van der Waals surface area contributed by atoms with E-state index in [0.717, 1.165) is 12.7 Å². The molecule has 0 aromatic heterocycles. The highest BCUT2D eigenvalue weighted by Crippen LogP contribution is 2.33. The lowest BCUT2D eigenvalue weighted by molar-refractivity contribution is -0.133. The average molecular weight is 456 g/mol. The van der Waals surface area contributed by atoms with Gasteiger partial charge in [0.25, 0.3) is 0 Å². The molecule has 32 heavy (non-hydrogen) atoms. The predicted molar refractivity (Wildman–Crippen MR) is 121 cm³/mol. The normalized spacial score (nSPS) is 13.8. The number of hydrogen-bond acceptors (Lipinski definition) is 6. The van der Waals surface area contributed by atoms with Gasteiger partial charge in [-0.25, -0.2) is 13.2 Å². The van der Waals surface area contributed by atoms with Crippen molar-refractivity contribution < 1.29 is 27.5 Å². The van der Waals surface area contributed by atoms with Crippen LogP contribution in [-0.2, 0) is 24.2 Å². The second kappa shape index (κ2) is 9.91. The summed E-state index contributed by atoms with van der Waals surface area (Å²) in [6.07, 6.45) is 2.13. The Labute approximate surface area is 187 Å². The van der Waals surface area contributed by atoms with Crippen LogP contribution < -0.4 is 5.32 Å². The van der Waals surface area contributed by atoms with E-state index in [1.165, 1.54) is 12.1 Å². The maximum absolute atomic E-state index is 12.6. The van der Waals surface area contributed by atoms with Crippen molar-refractivity contribution in [1.82, 2.24) is 5.32 Å². The fourth-order valence-electron chi connectivity index (χ4n) is 3.40. The molecule has 1 N–H and O–H groups in total. The summed E-state index contributed by atoms with van der Waals surface area (Å²) in [6.45, 7) is 2.59. The van der Waals surface area contributed by atoms with E-state index in [1.54, 1.807) is 36.4 Å². The summed E-state index contributed by atoms with van der Waals surface area (Å²) in [4.78, 5) is 37.0. The van der Waals surface area contributed by atoms with Crippen LogP contribution in [0.25, 0.3) is 11.1 Å². The molecule has 0 aliphatic carbocycles. The summed E-state index contributed by atoms with van der Waals surface area (Å²) in [7, 11) is -3.33. The lowest BCUT2D eigenvalue weighted by Gasteiger charge is -2.08. The van der Waals surface area contributed by atoms with Crippen LogP contribution in [-0.4, -0.2) is 45.5 Å². The summed E-state index contributed by atoms with van der Waals surface area (Å²) < 4.78 is 28.6. The van der Waals surface area contributed by atoms with Crippen molar-refractivity contribution in [1.29, 1.82) is 0 Å². The second-order valence-electron chi connectivity index (χ2n) is 7.58. The van der Waals surface area contributed by atoms with Gasteiger partial charge in [0.2, 0.25) is 5.91 Å². The molecule has 1 heterocycles. The van der Waals surface area contributed by atoms with Gasteiger partial charge in [-0.3, -0.25) is 9.59 Å². The van der Waals surface area contributed by atoms with Crippen molar-refractivity contribution in [3.63, 3.8) is 0 Å². The maximum Gasteiger partial charge on any atom is 0.339 e. The molecule has 7 nitrogen and oxygen atoms in total. The Balaban J connectivity index is 1.86. The van der Waals surface area contributed by atoms with Crippen LogP contribution >= 0.6 is 0 Å². The number of Topliss-reactive ketones (excluding diaryl/α,β-unsaturated/α-hetero) is 1. The van der Waals surface area contributed by atoms with E-state index in [0.29, 0.717) is 34.4 Å². The third-order valence-electron chi connectivity index (χ3n) is 5.11. The van der Waals surface area contributed by atoms with Gasteiger partial charge in [0.1, 0.15) is 6.61 Å². The molecule has 1 aliphatic rings. The Kier molecular flexibility index (Phi) is 7.25. The van der Waals surface area contributed by atoms with Gasteiger partial charge in [-0.05, 0) is 35.7 Å². The average Bonchev–Trinajstić information content (AvgIpc) is 3.17. The summed E-state index contributed by atoms with van der Waals surface area (Å²) in [5, 5.41) is 2.74. The SMILES string of the molecule is CCCNC(=O)CCC(=O)c1cccc(C2=C(c3ccc(S(C)(=O)=O)cc3)COC2=O)c1. The first kappa shape index (κ1) is 23.4. The molecule has 2 aromatic rings. The summed E-state index contributed by atoms with van der Waals surface area (Å²) in [5.74, 6) is -0.862. The Morgan fingerprint density at radius 3 is 2.41 bits per heavy atom. The van der Waals surface area contributed by atoms with Crippen molar-refractivity contribution in [3.8, 4) is 0 Å². The monoisotopic (exact) mass is 455 g/mol. The molecule has 3 rings (SSSR count). The number of ketones is 1. The number of hydrogen-bond donors (Lipinski definition) is 1. The molecule has 1 aliphatic heterocycles. The topological polar surface area (TPSA) is 107 Å². The zero-order valence-corrected chi connectivity index (χ0v) is 18.8. The van der Waals surface area contributed by atoms with Gasteiger partial charge < -0.3 is 10.1 Å². The summed E-state index contributed by atoms with van der Waals surface area (Å²) in [5.41, 5.74) is 2.58. The molecule has 8 heteroatoms. The standard InChI is InChI=1S/C24H25NO6S/c1-3-13-25-22(27)12-11-21(26)17-5-4-6-18(14-17)23-20(15-31-24(23)28)16-7-9-19(10-8-16)32(2,29)30/h4-10,14H,3,11-13,15H2,1-2H3,(H,25,27). The van der Waals surface area contributed by atoms with Crippen LogP contribution in [0.5, 0.6) is 0 Å². The largest absolute Gasteiger partial charge is 0.457 e. The van der Waals surface area contributed by atoms with Crippen molar-refractivity contribution in [2.75, 3.05) is 19.4 Å². The fraction of sp³-hybridized carbons (Fsp3) is 0.292. The van der Waals surface area contributed by atoms with Crippen LogP contribution in [0.4, 0.5) is 0 Å². The lowest BCUT2D eigenvalue weighted by Crippen LogP contribution is -2.24. The number of benzene rings is 2. The number of sulfone groups is 1. The molecule has 0 radical (unpaired) electrons. The van der Waals surface area contributed by atoms with Crippen molar-refractivity contribution in [2.24, 2.45) is 0 Å². The minimum Gasteiger partial charge on any atom is -0.457 e. The van der Waals surface area contributed by atoms with E-state index in [1.807, 2.05) is 6.92 Å². The van der Waals surface area contributed by atoms with Crippen molar-refractivity contribution in [2.45, 2.75) is 31.1 Å². The van der Waals surface area contributed by atoms with Gasteiger partial charge in [0.15, 0.2) is 15.6 Å². The summed E-state index contributed by atoms with van der Waals surface area (Å²) in [6, 6.07) is 12.9. The first-order chi connectivity index (χ1) is 15.2. The molecular weight excluding hydrogens is 430 g/mol. The molecule has 0 atom stereocenters. The Bertz CT molecular complexity index is 1180. The van der Waals surface area contributed by atoms with E-state index in [2.05, 4.69) is 5.32 Å².